The van der Waals surface area contributed by atoms with Crippen LogP contribution in [0.4, 0.5) is 0 Å². The number of aliphatic hydroxyl groups excluding tert-OH is 1. The Morgan fingerprint density at radius 1 is 1.19 bits per heavy atom. The van der Waals surface area contributed by atoms with Gasteiger partial charge >= 0.3 is 0 Å². The smallest absolute Gasteiger partial charge is 0.231 e. The second-order valence-corrected chi connectivity index (χ2v) is 5.40. The molecule has 3 rings (SSSR count). The maximum absolute atomic E-state index is 10.4. The van der Waals surface area contributed by atoms with Crippen molar-refractivity contribution >= 4 is 0 Å². The molecule has 0 bridgehead atoms. The van der Waals surface area contributed by atoms with Gasteiger partial charge in [-0.2, -0.15) is 0 Å². The van der Waals surface area contributed by atoms with Crippen LogP contribution >= 0.6 is 0 Å². The normalized spacial score (nSPS) is 26.2. The number of aliphatic hydroxyl groups is 1. The van der Waals surface area contributed by atoms with Crippen LogP contribution < -0.4 is 9.47 Å². The lowest BCUT2D eigenvalue weighted by Gasteiger charge is -2.20. The third kappa shape index (κ3) is 2.98. The minimum Gasteiger partial charge on any atom is -0.454 e. The maximum Gasteiger partial charge on any atom is 0.231 e. The minimum atomic E-state index is -0.576. The van der Waals surface area contributed by atoms with Crippen LogP contribution in [-0.4, -0.2) is 62.9 Å². The Kier molecular flexibility index (Phi) is 4.30. The van der Waals surface area contributed by atoms with Crippen molar-refractivity contribution in [2.75, 3.05) is 40.6 Å². The van der Waals surface area contributed by atoms with Gasteiger partial charge < -0.3 is 24.1 Å². The van der Waals surface area contributed by atoms with E-state index < -0.39 is 6.10 Å². The molecule has 116 valence electrons. The highest BCUT2D eigenvalue weighted by molar-refractivity contribution is 5.45. The summed E-state index contributed by atoms with van der Waals surface area (Å²) >= 11 is 0. The van der Waals surface area contributed by atoms with E-state index in [2.05, 4.69) is 4.90 Å². The molecule has 1 N–H and O–H groups in total. The Morgan fingerprint density at radius 3 is 2.52 bits per heavy atom. The molecular formula is C15H21NO5. The van der Waals surface area contributed by atoms with Crippen LogP contribution in [-0.2, 0) is 9.47 Å². The summed E-state index contributed by atoms with van der Waals surface area (Å²) in [6.07, 6.45) is -0.467. The zero-order chi connectivity index (χ0) is 14.8. The van der Waals surface area contributed by atoms with Crippen LogP contribution in [0.5, 0.6) is 11.5 Å². The van der Waals surface area contributed by atoms with Gasteiger partial charge in [0.25, 0.3) is 0 Å². The number of hydrogen-bond acceptors (Lipinski definition) is 6. The number of ether oxygens (including phenoxy) is 4. The lowest BCUT2D eigenvalue weighted by atomic mass is 10.1. The Labute approximate surface area is 124 Å². The fourth-order valence-corrected chi connectivity index (χ4v) is 2.89. The van der Waals surface area contributed by atoms with Crippen molar-refractivity contribution in [2.45, 2.75) is 18.3 Å². The summed E-state index contributed by atoms with van der Waals surface area (Å²) < 4.78 is 21.4. The molecule has 6 nitrogen and oxygen atoms in total. The first kappa shape index (κ1) is 14.6. The zero-order valence-corrected chi connectivity index (χ0v) is 12.3. The summed E-state index contributed by atoms with van der Waals surface area (Å²) in [5, 5.41) is 10.4. The monoisotopic (exact) mass is 295 g/mol. The van der Waals surface area contributed by atoms with Gasteiger partial charge in [0, 0.05) is 33.9 Å². The third-order valence-electron chi connectivity index (χ3n) is 4.11. The van der Waals surface area contributed by atoms with E-state index in [-0.39, 0.29) is 19.0 Å². The number of likely N-dealkylation sites (tertiary alicyclic amines) is 1. The molecule has 0 radical (unpaired) electrons. The van der Waals surface area contributed by atoms with Gasteiger partial charge in [0.2, 0.25) is 6.79 Å². The van der Waals surface area contributed by atoms with Gasteiger partial charge in [-0.1, -0.05) is 6.07 Å². The molecule has 0 saturated carbocycles. The minimum absolute atomic E-state index is 0.0546. The average molecular weight is 295 g/mol. The third-order valence-corrected chi connectivity index (χ3v) is 4.11. The molecule has 1 aromatic rings. The fraction of sp³-hybridized carbons (Fsp3) is 0.600. The summed E-state index contributed by atoms with van der Waals surface area (Å²) in [4.78, 5) is 2.15. The van der Waals surface area contributed by atoms with Crippen LogP contribution in [0, 0.1) is 0 Å². The second kappa shape index (κ2) is 6.19. The molecule has 2 aliphatic heterocycles. The second-order valence-electron chi connectivity index (χ2n) is 5.40. The number of methoxy groups -OCH3 is 2. The largest absolute Gasteiger partial charge is 0.454 e. The Balaban J connectivity index is 1.63. The molecule has 0 spiro atoms. The van der Waals surface area contributed by atoms with E-state index >= 15 is 0 Å². The van der Waals surface area contributed by atoms with E-state index in [1.165, 1.54) is 0 Å². The summed E-state index contributed by atoms with van der Waals surface area (Å²) in [6.45, 7) is 2.30. The zero-order valence-electron chi connectivity index (χ0n) is 12.3. The molecule has 3 atom stereocenters. The van der Waals surface area contributed by atoms with Gasteiger partial charge in [0.1, 0.15) is 0 Å². The van der Waals surface area contributed by atoms with Crippen molar-refractivity contribution < 1.29 is 24.1 Å². The molecule has 0 aliphatic carbocycles. The molecule has 1 saturated heterocycles. The number of β-amino-alcohol motifs (C(OH)–C–C–N with tert-alkyl or cyclic N) is 1. The van der Waals surface area contributed by atoms with E-state index in [4.69, 9.17) is 18.9 Å². The van der Waals surface area contributed by atoms with Crippen LogP contribution in [0.2, 0.25) is 0 Å². The SMILES string of the molecule is COC1CN(CC(O)c2ccc3c(c2)OCO3)CC1OC. The quantitative estimate of drug-likeness (QED) is 0.867. The van der Waals surface area contributed by atoms with Crippen LogP contribution in [0.15, 0.2) is 18.2 Å². The molecule has 1 fully saturated rings. The first-order valence-electron chi connectivity index (χ1n) is 7.07. The maximum atomic E-state index is 10.4. The Bertz CT molecular complexity index is 483. The number of nitrogens with zero attached hydrogens (tertiary/aromatic N) is 1. The van der Waals surface area contributed by atoms with Gasteiger partial charge in [-0.3, -0.25) is 4.90 Å². The average Bonchev–Trinajstić information content (AvgIpc) is 3.11. The van der Waals surface area contributed by atoms with E-state index in [0.29, 0.717) is 12.3 Å². The van der Waals surface area contributed by atoms with E-state index in [1.807, 2.05) is 18.2 Å². The molecule has 0 amide bonds. The van der Waals surface area contributed by atoms with Crippen LogP contribution in [0.1, 0.15) is 11.7 Å². The van der Waals surface area contributed by atoms with Crippen molar-refractivity contribution in [3.63, 3.8) is 0 Å². The van der Waals surface area contributed by atoms with Gasteiger partial charge in [0.05, 0.1) is 18.3 Å². The number of rotatable bonds is 5. The molecule has 6 heteroatoms. The molecular weight excluding hydrogens is 274 g/mol. The lowest BCUT2D eigenvalue weighted by Crippen LogP contribution is -2.27. The van der Waals surface area contributed by atoms with E-state index in [1.54, 1.807) is 14.2 Å². The van der Waals surface area contributed by atoms with Gasteiger partial charge in [-0.15, -0.1) is 0 Å². The summed E-state index contributed by atoms with van der Waals surface area (Å²) in [6, 6.07) is 5.54. The van der Waals surface area contributed by atoms with Crippen molar-refractivity contribution in [1.29, 1.82) is 0 Å². The molecule has 21 heavy (non-hydrogen) atoms. The van der Waals surface area contributed by atoms with Crippen LogP contribution in [0.25, 0.3) is 0 Å². The molecule has 2 aliphatic rings. The Morgan fingerprint density at radius 2 is 1.86 bits per heavy atom. The van der Waals surface area contributed by atoms with Gasteiger partial charge in [0.15, 0.2) is 11.5 Å². The highest BCUT2D eigenvalue weighted by atomic mass is 16.7. The lowest BCUT2D eigenvalue weighted by molar-refractivity contribution is -0.00461. The van der Waals surface area contributed by atoms with Gasteiger partial charge in [-0.05, 0) is 17.7 Å². The molecule has 1 aromatic carbocycles. The molecule has 2 heterocycles. The first-order chi connectivity index (χ1) is 10.2. The number of benzene rings is 1. The fourth-order valence-electron chi connectivity index (χ4n) is 2.89. The first-order valence-corrected chi connectivity index (χ1v) is 7.07. The topological polar surface area (TPSA) is 60.4 Å². The predicted octanol–water partition coefficient (Wildman–Crippen LogP) is 0.794. The standard InChI is InChI=1S/C15H21NO5/c1-18-14-7-16(8-15(14)19-2)6-11(17)10-3-4-12-13(5-10)21-9-20-12/h3-5,11,14-15,17H,6-9H2,1-2H3. The molecule has 0 aromatic heterocycles. The van der Waals surface area contributed by atoms with Crippen molar-refractivity contribution in [2.24, 2.45) is 0 Å². The van der Waals surface area contributed by atoms with Crippen molar-refractivity contribution in [3.8, 4) is 11.5 Å². The summed E-state index contributed by atoms with van der Waals surface area (Å²) in [7, 11) is 3.38. The van der Waals surface area contributed by atoms with E-state index in [0.717, 1.165) is 24.4 Å². The number of hydrogen-bond donors (Lipinski definition) is 1. The highest BCUT2D eigenvalue weighted by Gasteiger charge is 2.33. The molecule has 3 unspecified atom stereocenters. The highest BCUT2D eigenvalue weighted by Crippen LogP contribution is 2.34. The van der Waals surface area contributed by atoms with Crippen LogP contribution in [0.3, 0.4) is 0 Å². The van der Waals surface area contributed by atoms with Gasteiger partial charge in [-0.25, -0.2) is 0 Å². The van der Waals surface area contributed by atoms with E-state index in [9.17, 15) is 5.11 Å². The van der Waals surface area contributed by atoms with Crippen molar-refractivity contribution in [1.82, 2.24) is 4.90 Å². The predicted molar refractivity (Wildman–Crippen MR) is 75.6 cm³/mol. The summed E-state index contributed by atoms with van der Waals surface area (Å²) in [5.41, 5.74) is 0.828. The van der Waals surface area contributed by atoms with Crippen molar-refractivity contribution in [3.05, 3.63) is 23.8 Å². The Hall–Kier alpha value is -1.34. The summed E-state index contributed by atoms with van der Waals surface area (Å²) in [5.74, 6) is 1.42. The number of fused-ring (bicyclic) bond motifs is 1.